The van der Waals surface area contributed by atoms with E-state index in [4.69, 9.17) is 0 Å². The van der Waals surface area contributed by atoms with Crippen molar-refractivity contribution in [2.45, 2.75) is 19.4 Å². The van der Waals surface area contributed by atoms with Crippen LogP contribution in [-0.2, 0) is 13.0 Å². The Morgan fingerprint density at radius 1 is 1.09 bits per heavy atom. The van der Waals surface area contributed by atoms with Crippen molar-refractivity contribution in [3.05, 3.63) is 53.5 Å². The van der Waals surface area contributed by atoms with Crippen molar-refractivity contribution in [2.24, 2.45) is 0 Å². The maximum Gasteiger partial charge on any atom is 0.135 e. The van der Waals surface area contributed by atoms with E-state index in [-0.39, 0.29) is 5.56 Å². The number of rotatable bonds is 3. The Morgan fingerprint density at radius 2 is 1.87 bits per heavy atom. The predicted octanol–water partition coefficient (Wildman–Crippen LogP) is 3.03. The molecular formula is C16H15F2N5. The molecule has 7 heteroatoms. The smallest absolute Gasteiger partial charge is 0.135 e. The highest BCUT2D eigenvalue weighted by Crippen LogP contribution is 2.31. The average Bonchev–Trinajstić information content (AvgIpc) is 3.17. The quantitative estimate of drug-likeness (QED) is 0.781. The highest BCUT2D eigenvalue weighted by atomic mass is 19.1. The molecule has 4 rings (SSSR count). The zero-order chi connectivity index (χ0) is 15.8. The number of aryl methyl sites for hydroxylation is 1. The molecule has 0 bridgehead atoms. The number of hydrogen-bond donors (Lipinski definition) is 2. The third-order valence-corrected chi connectivity index (χ3v) is 4.18. The summed E-state index contributed by atoms with van der Waals surface area (Å²) in [5.41, 5.74) is 3.21. The normalized spacial score (nSPS) is 14.1. The van der Waals surface area contributed by atoms with Gasteiger partial charge in [0.2, 0.25) is 0 Å². The van der Waals surface area contributed by atoms with E-state index in [0.29, 0.717) is 12.2 Å². The number of H-pyrrole nitrogens is 2. The summed E-state index contributed by atoms with van der Waals surface area (Å²) in [5, 5.41) is 13.8. The van der Waals surface area contributed by atoms with E-state index in [1.807, 2.05) is 0 Å². The lowest BCUT2D eigenvalue weighted by molar-refractivity contribution is 0.588. The summed E-state index contributed by atoms with van der Waals surface area (Å²) in [6, 6.07) is 3.85. The summed E-state index contributed by atoms with van der Waals surface area (Å²) in [6.07, 6.45) is 5.38. The largest absolute Gasteiger partial charge is 0.364 e. The number of nitrogens with one attached hydrogen (secondary N) is 2. The van der Waals surface area contributed by atoms with Crippen LogP contribution in [0.4, 0.5) is 14.5 Å². The van der Waals surface area contributed by atoms with E-state index < -0.39 is 11.6 Å². The summed E-state index contributed by atoms with van der Waals surface area (Å²) in [7, 11) is 0. The first-order valence-corrected chi connectivity index (χ1v) is 7.48. The highest BCUT2D eigenvalue weighted by molar-refractivity contribution is 5.65. The first kappa shape index (κ1) is 13.9. The fourth-order valence-corrected chi connectivity index (χ4v) is 3.08. The van der Waals surface area contributed by atoms with E-state index in [2.05, 4.69) is 25.3 Å². The van der Waals surface area contributed by atoms with E-state index in [1.165, 1.54) is 18.2 Å². The number of benzene rings is 1. The lowest BCUT2D eigenvalue weighted by Crippen LogP contribution is -2.28. The number of halogens is 2. The van der Waals surface area contributed by atoms with Crippen LogP contribution in [0.25, 0.3) is 11.3 Å². The van der Waals surface area contributed by atoms with Gasteiger partial charge in [0.1, 0.15) is 11.6 Å². The van der Waals surface area contributed by atoms with Crippen LogP contribution >= 0.6 is 0 Å². The van der Waals surface area contributed by atoms with Crippen molar-refractivity contribution in [3.8, 4) is 11.3 Å². The van der Waals surface area contributed by atoms with Crippen molar-refractivity contribution in [1.29, 1.82) is 0 Å². The molecule has 118 valence electrons. The minimum absolute atomic E-state index is 0.0653. The third kappa shape index (κ3) is 2.38. The Balaban J connectivity index is 1.70. The van der Waals surface area contributed by atoms with Crippen LogP contribution < -0.4 is 4.90 Å². The molecule has 0 spiro atoms. The molecule has 2 N–H and O–H groups in total. The molecule has 1 aliphatic heterocycles. The van der Waals surface area contributed by atoms with Crippen molar-refractivity contribution < 1.29 is 8.78 Å². The number of fused-ring (bicyclic) bond motifs is 1. The van der Waals surface area contributed by atoms with Crippen molar-refractivity contribution in [3.63, 3.8) is 0 Å². The van der Waals surface area contributed by atoms with Gasteiger partial charge in [0.25, 0.3) is 0 Å². The van der Waals surface area contributed by atoms with Crippen LogP contribution in [0.3, 0.4) is 0 Å². The zero-order valence-corrected chi connectivity index (χ0v) is 12.3. The molecule has 0 saturated carbocycles. The summed E-state index contributed by atoms with van der Waals surface area (Å²) < 4.78 is 28.1. The third-order valence-electron chi connectivity index (χ3n) is 4.18. The van der Waals surface area contributed by atoms with E-state index in [1.54, 1.807) is 12.4 Å². The zero-order valence-electron chi connectivity index (χ0n) is 12.3. The molecule has 0 aliphatic carbocycles. The second kappa shape index (κ2) is 5.49. The van der Waals surface area contributed by atoms with Gasteiger partial charge >= 0.3 is 0 Å². The minimum atomic E-state index is -0.599. The van der Waals surface area contributed by atoms with Crippen LogP contribution in [-0.4, -0.2) is 26.9 Å². The Hall–Kier alpha value is -2.70. The number of aromatic amines is 2. The summed E-state index contributed by atoms with van der Waals surface area (Å²) in [6.45, 7) is 1.39. The van der Waals surface area contributed by atoms with E-state index >= 15 is 0 Å². The van der Waals surface area contributed by atoms with Gasteiger partial charge in [0, 0.05) is 18.7 Å². The van der Waals surface area contributed by atoms with Crippen LogP contribution in [0, 0.1) is 11.6 Å². The number of hydrogen-bond acceptors (Lipinski definition) is 3. The van der Waals surface area contributed by atoms with Gasteiger partial charge in [-0.25, -0.2) is 8.78 Å². The van der Waals surface area contributed by atoms with E-state index in [9.17, 15) is 8.78 Å². The molecule has 0 radical (unpaired) electrons. The monoisotopic (exact) mass is 315 g/mol. The molecule has 0 atom stereocenters. The molecule has 1 aliphatic rings. The molecule has 23 heavy (non-hydrogen) atoms. The number of aromatic nitrogens is 4. The van der Waals surface area contributed by atoms with Crippen molar-refractivity contribution in [1.82, 2.24) is 20.4 Å². The summed E-state index contributed by atoms with van der Waals surface area (Å²) in [4.78, 5) is 2.15. The maximum absolute atomic E-state index is 14.0. The lowest BCUT2D eigenvalue weighted by Gasteiger charge is -2.28. The fourth-order valence-electron chi connectivity index (χ4n) is 3.08. The maximum atomic E-state index is 14.0. The average molecular weight is 315 g/mol. The van der Waals surface area contributed by atoms with Crippen LogP contribution in [0.15, 0.2) is 30.6 Å². The van der Waals surface area contributed by atoms with Crippen LogP contribution in [0.2, 0.25) is 0 Å². The minimum Gasteiger partial charge on any atom is -0.364 e. The van der Waals surface area contributed by atoms with Gasteiger partial charge in [0.15, 0.2) is 0 Å². The Morgan fingerprint density at radius 3 is 2.70 bits per heavy atom. The van der Waals surface area contributed by atoms with Gasteiger partial charge < -0.3 is 4.90 Å². The van der Waals surface area contributed by atoms with Gasteiger partial charge in [-0.15, -0.1) is 0 Å². The molecule has 0 unspecified atom stereocenters. The Kier molecular flexibility index (Phi) is 3.33. The molecule has 2 aromatic heterocycles. The SMILES string of the molecule is Fc1cccc(F)c1-c1[nH]ncc1CN1CCCc2[nH]ncc21. The second-order valence-corrected chi connectivity index (χ2v) is 5.63. The summed E-state index contributed by atoms with van der Waals surface area (Å²) >= 11 is 0. The second-order valence-electron chi connectivity index (χ2n) is 5.63. The van der Waals surface area contributed by atoms with Crippen molar-refractivity contribution in [2.75, 3.05) is 11.4 Å². The standard InChI is InChI=1S/C16H15F2N5/c17-11-3-1-4-12(18)15(11)16-10(7-19-22-16)9-23-6-2-5-13-14(23)8-20-21-13/h1,3-4,7-8H,2,5-6,9H2,(H,19,22)(H,20,21). The Bertz CT molecular complexity index is 818. The Labute approximate surface area is 131 Å². The molecule has 1 aromatic carbocycles. The number of nitrogens with zero attached hydrogens (tertiary/aromatic N) is 3. The lowest BCUT2D eigenvalue weighted by atomic mass is 10.0. The first-order valence-electron chi connectivity index (χ1n) is 7.48. The van der Waals surface area contributed by atoms with E-state index in [0.717, 1.165) is 36.3 Å². The molecule has 0 fully saturated rings. The van der Waals surface area contributed by atoms with Gasteiger partial charge in [0.05, 0.1) is 35.0 Å². The van der Waals surface area contributed by atoms with Gasteiger partial charge in [-0.3, -0.25) is 10.2 Å². The molecule has 0 amide bonds. The molecule has 0 saturated heterocycles. The molecule has 5 nitrogen and oxygen atoms in total. The van der Waals surface area contributed by atoms with Gasteiger partial charge in [-0.05, 0) is 25.0 Å². The molecule has 3 aromatic rings. The van der Waals surface area contributed by atoms with Gasteiger partial charge in [-0.2, -0.15) is 10.2 Å². The molecule has 3 heterocycles. The van der Waals surface area contributed by atoms with Crippen LogP contribution in [0.5, 0.6) is 0 Å². The van der Waals surface area contributed by atoms with Gasteiger partial charge in [-0.1, -0.05) is 6.07 Å². The van der Waals surface area contributed by atoms with Crippen LogP contribution in [0.1, 0.15) is 17.7 Å². The molecular weight excluding hydrogens is 300 g/mol. The van der Waals surface area contributed by atoms with Crippen molar-refractivity contribution >= 4 is 5.69 Å². The highest BCUT2D eigenvalue weighted by Gasteiger charge is 2.22. The summed E-state index contributed by atoms with van der Waals surface area (Å²) in [5.74, 6) is -1.20. The predicted molar refractivity (Wildman–Crippen MR) is 81.9 cm³/mol. The number of anilines is 1. The first-order chi connectivity index (χ1) is 11.2. The topological polar surface area (TPSA) is 60.6 Å². The fraction of sp³-hybridized carbons (Fsp3) is 0.250.